The van der Waals surface area contributed by atoms with Crippen LogP contribution in [0.25, 0.3) is 0 Å². The molecule has 0 spiro atoms. The van der Waals surface area contributed by atoms with E-state index in [2.05, 4.69) is 63.3 Å². The van der Waals surface area contributed by atoms with E-state index in [1.807, 2.05) is 0 Å². The summed E-state index contributed by atoms with van der Waals surface area (Å²) in [4.78, 5) is 0. The average molecular weight is 198 g/mol. The third-order valence-electron chi connectivity index (χ3n) is 3.37. The second-order valence-corrected chi connectivity index (χ2v) is 4.42. The summed E-state index contributed by atoms with van der Waals surface area (Å²) >= 11 is 0. The molecule has 0 radical (unpaired) electrons. The highest BCUT2D eigenvalue weighted by Gasteiger charge is 2.18. The Morgan fingerprint density at radius 1 is 1.20 bits per heavy atom. The topological polar surface area (TPSA) is 0 Å². The summed E-state index contributed by atoms with van der Waals surface area (Å²) in [7, 11) is 0. The van der Waals surface area contributed by atoms with Gasteiger partial charge in [-0.05, 0) is 24.0 Å². The highest BCUT2D eigenvalue weighted by molar-refractivity contribution is 5.39. The van der Waals surface area contributed by atoms with E-state index >= 15 is 0 Å². The van der Waals surface area contributed by atoms with Gasteiger partial charge in [0.2, 0.25) is 0 Å². The number of benzene rings is 1. The quantitative estimate of drug-likeness (QED) is 0.667. The maximum atomic E-state index is 2.30. The van der Waals surface area contributed by atoms with E-state index in [9.17, 15) is 0 Å². The van der Waals surface area contributed by atoms with E-state index < -0.39 is 0 Å². The molecule has 0 fully saturated rings. The van der Waals surface area contributed by atoms with Gasteiger partial charge in [-0.1, -0.05) is 61.9 Å². The lowest BCUT2D eigenvalue weighted by atomic mass is 9.85. The van der Waals surface area contributed by atoms with Crippen molar-refractivity contribution >= 4 is 0 Å². The maximum absolute atomic E-state index is 2.30. The van der Waals surface area contributed by atoms with Crippen LogP contribution < -0.4 is 0 Å². The van der Waals surface area contributed by atoms with Crippen LogP contribution in [0.3, 0.4) is 0 Å². The predicted octanol–water partition coefficient (Wildman–Crippen LogP) is 4.23. The van der Waals surface area contributed by atoms with Gasteiger partial charge in [-0.3, -0.25) is 0 Å². The molecular formula is C15H18. The molecule has 1 aliphatic carbocycles. The van der Waals surface area contributed by atoms with Crippen molar-refractivity contribution in [3.05, 3.63) is 59.2 Å². The van der Waals surface area contributed by atoms with E-state index in [4.69, 9.17) is 0 Å². The first kappa shape index (κ1) is 10.2. The van der Waals surface area contributed by atoms with Gasteiger partial charge in [0, 0.05) is 5.92 Å². The van der Waals surface area contributed by atoms with Gasteiger partial charge in [0.25, 0.3) is 0 Å². The summed E-state index contributed by atoms with van der Waals surface area (Å²) in [6.45, 7) is 6.77. The molecule has 2 rings (SSSR count). The molecule has 1 aromatic rings. The first-order valence-electron chi connectivity index (χ1n) is 5.64. The Morgan fingerprint density at radius 2 is 1.93 bits per heavy atom. The molecule has 0 amide bonds. The monoisotopic (exact) mass is 198 g/mol. The molecule has 0 aromatic heterocycles. The molecule has 0 nitrogen and oxygen atoms in total. The molecule has 0 saturated carbocycles. The van der Waals surface area contributed by atoms with Crippen molar-refractivity contribution in [2.45, 2.75) is 26.7 Å². The van der Waals surface area contributed by atoms with Crippen LogP contribution in [0.15, 0.2) is 48.1 Å². The van der Waals surface area contributed by atoms with Crippen molar-refractivity contribution in [1.29, 1.82) is 0 Å². The largest absolute Gasteiger partial charge is 0.0776 e. The molecule has 2 atom stereocenters. The van der Waals surface area contributed by atoms with Crippen molar-refractivity contribution in [2.24, 2.45) is 5.92 Å². The first-order chi connectivity index (χ1) is 7.20. The van der Waals surface area contributed by atoms with E-state index in [1.54, 1.807) is 0 Å². The Labute approximate surface area is 92.3 Å². The second kappa shape index (κ2) is 4.06. The smallest absolute Gasteiger partial charge is 0.00313 e. The van der Waals surface area contributed by atoms with Crippen molar-refractivity contribution in [2.75, 3.05) is 0 Å². The molecule has 0 bridgehead atoms. The van der Waals surface area contributed by atoms with E-state index in [1.165, 1.54) is 16.7 Å². The van der Waals surface area contributed by atoms with Crippen molar-refractivity contribution in [3.8, 4) is 0 Å². The SMILES string of the molecule is Cc1ccccc1C(C)C1=CC=CC1C. The molecule has 0 saturated heterocycles. The Balaban J connectivity index is 2.29. The molecule has 78 valence electrons. The average Bonchev–Trinajstić information content (AvgIpc) is 2.64. The normalized spacial score (nSPS) is 21.5. The molecule has 1 aliphatic rings. The second-order valence-electron chi connectivity index (χ2n) is 4.42. The zero-order chi connectivity index (χ0) is 10.8. The molecule has 0 aliphatic heterocycles. The first-order valence-corrected chi connectivity index (χ1v) is 5.64. The van der Waals surface area contributed by atoms with Crippen LogP contribution in [0.4, 0.5) is 0 Å². The van der Waals surface area contributed by atoms with Gasteiger partial charge in [0.1, 0.15) is 0 Å². The zero-order valence-electron chi connectivity index (χ0n) is 9.70. The van der Waals surface area contributed by atoms with Crippen LogP contribution in [-0.2, 0) is 0 Å². The van der Waals surface area contributed by atoms with Crippen molar-refractivity contribution in [3.63, 3.8) is 0 Å². The molecule has 0 N–H and O–H groups in total. The maximum Gasteiger partial charge on any atom is 0.00313 e. The van der Waals surface area contributed by atoms with Gasteiger partial charge >= 0.3 is 0 Å². The third kappa shape index (κ3) is 1.90. The summed E-state index contributed by atoms with van der Waals surface area (Å²) in [5, 5.41) is 0. The predicted molar refractivity (Wildman–Crippen MR) is 66.0 cm³/mol. The molecular weight excluding hydrogens is 180 g/mol. The molecule has 2 unspecified atom stereocenters. The van der Waals surface area contributed by atoms with E-state index in [0.29, 0.717) is 11.8 Å². The number of allylic oxidation sites excluding steroid dienone is 4. The van der Waals surface area contributed by atoms with Gasteiger partial charge in [0.05, 0.1) is 0 Å². The van der Waals surface area contributed by atoms with Gasteiger partial charge in [-0.2, -0.15) is 0 Å². The van der Waals surface area contributed by atoms with Crippen LogP contribution in [-0.4, -0.2) is 0 Å². The molecule has 0 heterocycles. The standard InChI is InChI=1S/C15H18/c1-11-7-4-5-9-14(11)13(3)15-10-6-8-12(15)2/h4-10,12-13H,1-3H3. The summed E-state index contributed by atoms with van der Waals surface area (Å²) in [5.74, 6) is 1.14. The zero-order valence-corrected chi connectivity index (χ0v) is 9.70. The minimum atomic E-state index is 0.538. The third-order valence-corrected chi connectivity index (χ3v) is 3.37. The van der Waals surface area contributed by atoms with Crippen molar-refractivity contribution in [1.82, 2.24) is 0 Å². The van der Waals surface area contributed by atoms with Crippen LogP contribution in [0.1, 0.15) is 30.9 Å². The van der Waals surface area contributed by atoms with E-state index in [0.717, 1.165) is 0 Å². The number of hydrogen-bond donors (Lipinski definition) is 0. The summed E-state index contributed by atoms with van der Waals surface area (Å²) in [6, 6.07) is 8.67. The van der Waals surface area contributed by atoms with E-state index in [-0.39, 0.29) is 0 Å². The highest BCUT2D eigenvalue weighted by atomic mass is 14.2. The number of rotatable bonds is 2. The minimum absolute atomic E-state index is 0.538. The Bertz CT molecular complexity index is 410. The van der Waals surface area contributed by atoms with Crippen LogP contribution >= 0.6 is 0 Å². The fourth-order valence-electron chi connectivity index (χ4n) is 2.39. The lowest BCUT2D eigenvalue weighted by Gasteiger charge is -2.19. The highest BCUT2D eigenvalue weighted by Crippen LogP contribution is 2.34. The van der Waals surface area contributed by atoms with Gasteiger partial charge in [0.15, 0.2) is 0 Å². The number of aryl methyl sites for hydroxylation is 1. The summed E-state index contributed by atoms with van der Waals surface area (Å²) in [5.41, 5.74) is 4.38. The fraction of sp³-hybridized carbons (Fsp3) is 0.333. The van der Waals surface area contributed by atoms with Crippen LogP contribution in [0.5, 0.6) is 0 Å². The Kier molecular flexibility index (Phi) is 2.77. The van der Waals surface area contributed by atoms with Crippen LogP contribution in [0, 0.1) is 12.8 Å². The lowest BCUT2D eigenvalue weighted by molar-refractivity contribution is 0.747. The Hall–Kier alpha value is -1.30. The van der Waals surface area contributed by atoms with Gasteiger partial charge in [-0.15, -0.1) is 0 Å². The van der Waals surface area contributed by atoms with Gasteiger partial charge in [-0.25, -0.2) is 0 Å². The summed E-state index contributed by atoms with van der Waals surface area (Å²) < 4.78 is 0. The summed E-state index contributed by atoms with van der Waals surface area (Å²) in [6.07, 6.45) is 6.71. The number of hydrogen-bond acceptors (Lipinski definition) is 0. The fourth-order valence-corrected chi connectivity index (χ4v) is 2.39. The molecule has 15 heavy (non-hydrogen) atoms. The Morgan fingerprint density at radius 3 is 2.53 bits per heavy atom. The lowest BCUT2D eigenvalue weighted by Crippen LogP contribution is -2.04. The van der Waals surface area contributed by atoms with Crippen molar-refractivity contribution < 1.29 is 0 Å². The minimum Gasteiger partial charge on any atom is -0.0776 e. The van der Waals surface area contributed by atoms with Crippen LogP contribution in [0.2, 0.25) is 0 Å². The molecule has 0 heteroatoms. The molecule has 1 aromatic carbocycles. The van der Waals surface area contributed by atoms with Gasteiger partial charge < -0.3 is 0 Å².